The van der Waals surface area contributed by atoms with Crippen LogP contribution in [0.4, 0.5) is 0 Å². The first-order valence-electron chi connectivity index (χ1n) is 2.94. The van der Waals surface area contributed by atoms with Gasteiger partial charge in [-0.2, -0.15) is 0 Å². The van der Waals surface area contributed by atoms with Gasteiger partial charge in [-0.25, -0.2) is 0 Å². The Balaban J connectivity index is 0.000000640. The molecule has 54 valence electrons. The molecule has 0 aliphatic carbocycles. The molecule has 0 spiro atoms. The van der Waals surface area contributed by atoms with Crippen molar-refractivity contribution in [1.29, 1.82) is 0 Å². The van der Waals surface area contributed by atoms with Crippen molar-refractivity contribution >= 4 is 12.4 Å². The number of halogens is 1. The quantitative estimate of drug-likeness (QED) is 0.570. The predicted molar refractivity (Wildman–Crippen MR) is 39.6 cm³/mol. The van der Waals surface area contributed by atoms with Gasteiger partial charge < -0.3 is 10.4 Å². The Bertz CT molecular complexity index is 95.1. The van der Waals surface area contributed by atoms with E-state index in [1.54, 1.807) is 0 Å². The van der Waals surface area contributed by atoms with Gasteiger partial charge in [-0.3, -0.25) is 0 Å². The monoisotopic (exact) mass is 149 g/mol. The molecule has 0 bridgehead atoms. The second kappa shape index (κ2) is 4.65. The minimum Gasteiger partial charge on any atom is -0.396 e. The third kappa shape index (κ3) is 2.72. The van der Waals surface area contributed by atoms with E-state index in [4.69, 9.17) is 5.11 Å². The molecule has 0 amide bonds. The third-order valence-electron chi connectivity index (χ3n) is 1.38. The lowest BCUT2D eigenvalue weighted by atomic mass is 10.1. The second-order valence-electron chi connectivity index (χ2n) is 2.04. The van der Waals surface area contributed by atoms with E-state index in [9.17, 15) is 0 Å². The number of aliphatic hydroxyl groups is 1. The van der Waals surface area contributed by atoms with E-state index in [1.165, 1.54) is 0 Å². The van der Waals surface area contributed by atoms with Gasteiger partial charge in [0.15, 0.2) is 0 Å². The second-order valence-corrected chi connectivity index (χ2v) is 2.04. The van der Waals surface area contributed by atoms with E-state index in [0.29, 0.717) is 5.92 Å². The molecule has 0 aromatic heterocycles. The molecular formula is C6H12ClNO. The van der Waals surface area contributed by atoms with Crippen molar-refractivity contribution in [2.45, 2.75) is 6.42 Å². The maximum absolute atomic E-state index is 8.61. The van der Waals surface area contributed by atoms with Crippen LogP contribution in [0, 0.1) is 5.92 Å². The van der Waals surface area contributed by atoms with E-state index < -0.39 is 0 Å². The fourth-order valence-electron chi connectivity index (χ4n) is 0.805. The van der Waals surface area contributed by atoms with Crippen LogP contribution in [0.25, 0.3) is 0 Å². The van der Waals surface area contributed by atoms with Gasteiger partial charge in [0.1, 0.15) is 0 Å². The smallest absolute Gasteiger partial charge is 0.0495 e. The molecule has 1 aliphatic rings. The predicted octanol–water partition coefficient (Wildman–Crippen LogP) is 0.524. The topological polar surface area (TPSA) is 32.3 Å². The molecule has 2 N–H and O–H groups in total. The molecule has 1 heterocycles. The van der Waals surface area contributed by atoms with Crippen LogP contribution in [-0.2, 0) is 0 Å². The molecule has 0 aromatic rings. The average Bonchev–Trinajstić information content (AvgIpc) is 1.90. The van der Waals surface area contributed by atoms with Crippen LogP contribution < -0.4 is 5.32 Å². The van der Waals surface area contributed by atoms with Crippen molar-refractivity contribution in [2.24, 2.45) is 5.92 Å². The summed E-state index contributed by atoms with van der Waals surface area (Å²) in [6.07, 6.45) is 4.97. The molecule has 9 heavy (non-hydrogen) atoms. The highest BCUT2D eigenvalue weighted by atomic mass is 35.5. The van der Waals surface area contributed by atoms with E-state index in [0.717, 1.165) is 13.0 Å². The lowest BCUT2D eigenvalue weighted by molar-refractivity contribution is 0.243. The summed E-state index contributed by atoms with van der Waals surface area (Å²) in [4.78, 5) is 0. The molecule has 0 fully saturated rings. The number of rotatable bonds is 1. The summed E-state index contributed by atoms with van der Waals surface area (Å²) in [5.41, 5.74) is 0. The van der Waals surface area contributed by atoms with Crippen LogP contribution in [0.1, 0.15) is 6.42 Å². The van der Waals surface area contributed by atoms with Crippen molar-refractivity contribution in [3.63, 3.8) is 0 Å². The number of hydrogen-bond acceptors (Lipinski definition) is 2. The Morgan fingerprint density at radius 1 is 1.67 bits per heavy atom. The van der Waals surface area contributed by atoms with Crippen LogP contribution >= 0.6 is 12.4 Å². The highest BCUT2D eigenvalue weighted by Gasteiger charge is 2.04. The fourth-order valence-corrected chi connectivity index (χ4v) is 0.805. The molecule has 0 saturated carbocycles. The molecule has 0 radical (unpaired) electrons. The normalized spacial score (nSPS) is 24.3. The fraction of sp³-hybridized carbons (Fsp3) is 0.667. The number of hydrogen-bond donors (Lipinski definition) is 2. The Labute approximate surface area is 61.4 Å². The Morgan fingerprint density at radius 3 is 2.78 bits per heavy atom. The van der Waals surface area contributed by atoms with E-state index in [-0.39, 0.29) is 19.0 Å². The highest BCUT2D eigenvalue weighted by Crippen LogP contribution is 2.05. The van der Waals surface area contributed by atoms with Crippen LogP contribution in [0.5, 0.6) is 0 Å². The molecule has 3 heteroatoms. The minimum atomic E-state index is 0. The summed E-state index contributed by atoms with van der Waals surface area (Å²) in [5, 5.41) is 11.7. The first-order valence-corrected chi connectivity index (χ1v) is 2.94. The molecule has 0 aromatic carbocycles. The standard InChI is InChI=1S/C6H11NO.ClH/c8-5-6-1-3-7-4-2-6;/h1,3,6-8H,2,4-5H2;1H. The molecular weight excluding hydrogens is 138 g/mol. The average molecular weight is 150 g/mol. The first-order chi connectivity index (χ1) is 3.93. The van der Waals surface area contributed by atoms with Gasteiger partial charge in [0.25, 0.3) is 0 Å². The highest BCUT2D eigenvalue weighted by molar-refractivity contribution is 5.85. The van der Waals surface area contributed by atoms with Gasteiger partial charge in [0, 0.05) is 19.1 Å². The van der Waals surface area contributed by atoms with Crippen molar-refractivity contribution in [1.82, 2.24) is 5.32 Å². The van der Waals surface area contributed by atoms with Gasteiger partial charge >= 0.3 is 0 Å². The minimum absolute atomic E-state index is 0. The van der Waals surface area contributed by atoms with Gasteiger partial charge in [-0.05, 0) is 12.6 Å². The third-order valence-corrected chi connectivity index (χ3v) is 1.38. The SMILES string of the molecule is Cl.OCC1C=CNCC1. The van der Waals surface area contributed by atoms with Crippen LogP contribution in [-0.4, -0.2) is 18.3 Å². The van der Waals surface area contributed by atoms with Gasteiger partial charge in [0.05, 0.1) is 0 Å². The van der Waals surface area contributed by atoms with Crippen molar-refractivity contribution in [3.05, 3.63) is 12.3 Å². The maximum atomic E-state index is 8.61. The van der Waals surface area contributed by atoms with Gasteiger partial charge in [0.2, 0.25) is 0 Å². The molecule has 2 nitrogen and oxygen atoms in total. The maximum Gasteiger partial charge on any atom is 0.0495 e. The Morgan fingerprint density at radius 2 is 2.44 bits per heavy atom. The lowest BCUT2D eigenvalue weighted by Gasteiger charge is -2.13. The Hall–Kier alpha value is -0.210. The molecule has 1 aliphatic heterocycles. The molecule has 1 rings (SSSR count). The Kier molecular flexibility index (Phi) is 4.54. The number of nitrogens with one attached hydrogen (secondary N) is 1. The van der Waals surface area contributed by atoms with Crippen molar-refractivity contribution in [2.75, 3.05) is 13.2 Å². The summed E-state index contributed by atoms with van der Waals surface area (Å²) < 4.78 is 0. The zero-order valence-electron chi connectivity index (χ0n) is 5.21. The van der Waals surface area contributed by atoms with E-state index >= 15 is 0 Å². The zero-order valence-corrected chi connectivity index (χ0v) is 6.03. The van der Waals surface area contributed by atoms with Crippen molar-refractivity contribution in [3.8, 4) is 0 Å². The van der Waals surface area contributed by atoms with Crippen LogP contribution in [0.15, 0.2) is 12.3 Å². The summed E-state index contributed by atoms with van der Waals surface area (Å²) in [6.45, 7) is 1.29. The summed E-state index contributed by atoms with van der Waals surface area (Å²) in [6, 6.07) is 0. The summed E-state index contributed by atoms with van der Waals surface area (Å²) in [7, 11) is 0. The molecule has 0 saturated heterocycles. The largest absolute Gasteiger partial charge is 0.396 e. The summed E-state index contributed by atoms with van der Waals surface area (Å²) in [5.74, 6) is 0.399. The molecule has 1 unspecified atom stereocenters. The van der Waals surface area contributed by atoms with E-state index in [2.05, 4.69) is 5.32 Å². The van der Waals surface area contributed by atoms with Gasteiger partial charge in [-0.1, -0.05) is 6.08 Å². The lowest BCUT2D eigenvalue weighted by Crippen LogP contribution is -2.19. The van der Waals surface area contributed by atoms with Crippen LogP contribution in [0.3, 0.4) is 0 Å². The van der Waals surface area contributed by atoms with Crippen LogP contribution in [0.2, 0.25) is 0 Å². The first kappa shape index (κ1) is 8.79. The number of aliphatic hydroxyl groups excluding tert-OH is 1. The zero-order chi connectivity index (χ0) is 5.82. The summed E-state index contributed by atoms with van der Waals surface area (Å²) >= 11 is 0. The van der Waals surface area contributed by atoms with E-state index in [1.807, 2.05) is 12.3 Å². The van der Waals surface area contributed by atoms with Gasteiger partial charge in [-0.15, -0.1) is 12.4 Å². The van der Waals surface area contributed by atoms with Crippen molar-refractivity contribution < 1.29 is 5.11 Å². The molecule has 1 atom stereocenters.